The number of anilines is 1. The van der Waals surface area contributed by atoms with E-state index >= 15 is 0 Å². The first kappa shape index (κ1) is 15.7. The van der Waals surface area contributed by atoms with E-state index in [4.69, 9.17) is 9.84 Å². The van der Waals surface area contributed by atoms with Gasteiger partial charge in [-0.25, -0.2) is 4.39 Å². The van der Waals surface area contributed by atoms with Gasteiger partial charge in [0.25, 0.3) is 0 Å². The van der Waals surface area contributed by atoms with Crippen molar-refractivity contribution < 1.29 is 24.0 Å². The highest BCUT2D eigenvalue weighted by atomic mass is 19.1. The van der Waals surface area contributed by atoms with Gasteiger partial charge < -0.3 is 14.7 Å². The number of benzene rings is 1. The van der Waals surface area contributed by atoms with Gasteiger partial charge in [-0.15, -0.1) is 0 Å². The lowest BCUT2D eigenvalue weighted by Gasteiger charge is -2.23. The molecule has 0 aliphatic rings. The zero-order chi connectivity index (χ0) is 15.3. The summed E-state index contributed by atoms with van der Waals surface area (Å²) in [5.41, 5.74) is -0.390. The van der Waals surface area contributed by atoms with Gasteiger partial charge in [0.05, 0.1) is 30.2 Å². The highest BCUT2D eigenvalue weighted by Gasteiger charge is 2.21. The molecular weight excluding hydrogens is 271 g/mol. The van der Waals surface area contributed by atoms with Crippen LogP contribution in [0.5, 0.6) is 5.75 Å². The third kappa shape index (κ3) is 3.56. The topological polar surface area (TPSA) is 92.9 Å². The molecule has 0 aromatic heterocycles. The van der Waals surface area contributed by atoms with Crippen molar-refractivity contribution in [3.8, 4) is 5.75 Å². The number of nitro groups is 1. The Morgan fingerprint density at radius 2 is 2.20 bits per heavy atom. The van der Waals surface area contributed by atoms with Gasteiger partial charge in [0.1, 0.15) is 0 Å². The van der Waals surface area contributed by atoms with Crippen LogP contribution in [-0.4, -0.2) is 36.2 Å². The number of rotatable bonds is 7. The van der Waals surface area contributed by atoms with Crippen LogP contribution in [0, 0.1) is 15.9 Å². The minimum Gasteiger partial charge on any atom is -0.490 e. The molecule has 0 aliphatic carbocycles. The second kappa shape index (κ2) is 6.69. The Morgan fingerprint density at radius 1 is 1.55 bits per heavy atom. The molecule has 0 spiro atoms. The van der Waals surface area contributed by atoms with Crippen molar-refractivity contribution >= 4 is 17.3 Å². The van der Waals surface area contributed by atoms with Crippen molar-refractivity contribution in [2.24, 2.45) is 0 Å². The molecule has 110 valence electrons. The van der Waals surface area contributed by atoms with Gasteiger partial charge in [0.15, 0.2) is 11.6 Å². The first-order valence-electron chi connectivity index (χ1n) is 5.89. The number of carboxylic acid groups (broad SMARTS) is 1. The van der Waals surface area contributed by atoms with Crippen molar-refractivity contribution in [2.45, 2.75) is 13.3 Å². The Kier molecular flexibility index (Phi) is 5.24. The normalized spacial score (nSPS) is 10.2. The molecule has 0 unspecified atom stereocenters. The zero-order valence-corrected chi connectivity index (χ0v) is 11.1. The van der Waals surface area contributed by atoms with Gasteiger partial charge in [-0.05, 0) is 6.92 Å². The largest absolute Gasteiger partial charge is 0.490 e. The molecule has 0 aliphatic heterocycles. The smallest absolute Gasteiger partial charge is 0.313 e. The summed E-state index contributed by atoms with van der Waals surface area (Å²) >= 11 is 0. The van der Waals surface area contributed by atoms with E-state index in [2.05, 4.69) is 0 Å². The molecule has 0 bridgehead atoms. The van der Waals surface area contributed by atoms with E-state index in [1.54, 1.807) is 6.92 Å². The summed E-state index contributed by atoms with van der Waals surface area (Å²) in [6.07, 6.45) is -0.160. The fourth-order valence-corrected chi connectivity index (χ4v) is 1.76. The molecule has 1 aromatic carbocycles. The van der Waals surface area contributed by atoms with E-state index in [9.17, 15) is 19.3 Å². The molecule has 1 rings (SSSR count). The quantitative estimate of drug-likeness (QED) is 0.609. The van der Waals surface area contributed by atoms with Crippen LogP contribution in [0.4, 0.5) is 15.8 Å². The maximum atomic E-state index is 13.9. The van der Waals surface area contributed by atoms with Crippen molar-refractivity contribution in [3.63, 3.8) is 0 Å². The van der Waals surface area contributed by atoms with Crippen LogP contribution < -0.4 is 9.64 Å². The average Bonchev–Trinajstić information content (AvgIpc) is 2.39. The Hall–Kier alpha value is -2.38. The summed E-state index contributed by atoms with van der Waals surface area (Å²) in [7, 11) is 1.25. The van der Waals surface area contributed by atoms with E-state index in [-0.39, 0.29) is 24.4 Å². The number of nitro benzene ring substituents is 1. The average molecular weight is 286 g/mol. The van der Waals surface area contributed by atoms with Gasteiger partial charge in [0.2, 0.25) is 0 Å². The predicted molar refractivity (Wildman–Crippen MR) is 69.7 cm³/mol. The molecular formula is C12H15FN2O5. The van der Waals surface area contributed by atoms with Gasteiger partial charge in [0, 0.05) is 19.2 Å². The first-order valence-corrected chi connectivity index (χ1v) is 5.89. The zero-order valence-electron chi connectivity index (χ0n) is 11.1. The molecule has 7 nitrogen and oxygen atoms in total. The lowest BCUT2D eigenvalue weighted by Crippen LogP contribution is -2.26. The number of hydrogen-bond donors (Lipinski definition) is 1. The molecule has 8 heteroatoms. The van der Waals surface area contributed by atoms with Gasteiger partial charge in [-0.1, -0.05) is 0 Å². The summed E-state index contributed by atoms with van der Waals surface area (Å²) in [6, 6.07) is 1.98. The summed E-state index contributed by atoms with van der Waals surface area (Å²) in [5.74, 6) is -1.86. The molecule has 20 heavy (non-hydrogen) atoms. The Morgan fingerprint density at radius 3 is 2.65 bits per heavy atom. The number of aliphatic carboxylic acids is 1. The summed E-state index contributed by atoms with van der Waals surface area (Å²) in [6.45, 7) is 2.20. The fourth-order valence-electron chi connectivity index (χ4n) is 1.76. The Bertz CT molecular complexity index is 521. The molecule has 1 N–H and O–H groups in total. The molecule has 0 radical (unpaired) electrons. The molecule has 0 heterocycles. The molecule has 0 saturated heterocycles. The van der Waals surface area contributed by atoms with E-state index in [0.29, 0.717) is 6.54 Å². The monoisotopic (exact) mass is 286 g/mol. The van der Waals surface area contributed by atoms with Gasteiger partial charge in [-0.3, -0.25) is 14.9 Å². The third-order valence-electron chi connectivity index (χ3n) is 2.76. The standard InChI is InChI=1S/C12H15FN2O5/c1-3-14(5-4-12(16)17)9-7-11(20-2)10(15(18)19)6-8(9)13/h6-7H,3-5H2,1-2H3,(H,16,17). The number of carboxylic acids is 1. The predicted octanol–water partition coefficient (Wildman–Crippen LogP) is 2.04. The highest BCUT2D eigenvalue weighted by Crippen LogP contribution is 2.34. The third-order valence-corrected chi connectivity index (χ3v) is 2.76. The minimum atomic E-state index is -1.00. The van der Waals surface area contributed by atoms with E-state index in [0.717, 1.165) is 6.07 Å². The van der Waals surface area contributed by atoms with Crippen molar-refractivity contribution in [2.75, 3.05) is 25.1 Å². The first-order chi connectivity index (χ1) is 9.40. The maximum Gasteiger partial charge on any atom is 0.313 e. The van der Waals surface area contributed by atoms with Crippen LogP contribution in [0.15, 0.2) is 12.1 Å². The van der Waals surface area contributed by atoms with Crippen LogP contribution >= 0.6 is 0 Å². The van der Waals surface area contributed by atoms with Crippen LogP contribution in [0.25, 0.3) is 0 Å². The number of ether oxygens (including phenoxy) is 1. The van der Waals surface area contributed by atoms with E-state index in [1.807, 2.05) is 0 Å². The molecule has 0 saturated carbocycles. The van der Waals surface area contributed by atoms with Crippen molar-refractivity contribution in [1.82, 2.24) is 0 Å². The van der Waals surface area contributed by atoms with Crippen molar-refractivity contribution in [3.05, 3.63) is 28.1 Å². The van der Waals surface area contributed by atoms with E-state index < -0.39 is 22.4 Å². The van der Waals surface area contributed by atoms with Crippen molar-refractivity contribution in [1.29, 1.82) is 0 Å². The van der Waals surface area contributed by atoms with Crippen LogP contribution in [-0.2, 0) is 4.79 Å². The Labute approximate surface area is 114 Å². The summed E-state index contributed by atoms with van der Waals surface area (Å²) in [5, 5.41) is 19.4. The molecule has 0 atom stereocenters. The molecule has 0 fully saturated rings. The highest BCUT2D eigenvalue weighted by molar-refractivity contribution is 5.68. The lowest BCUT2D eigenvalue weighted by atomic mass is 10.2. The molecule has 0 amide bonds. The fraction of sp³-hybridized carbons (Fsp3) is 0.417. The van der Waals surface area contributed by atoms with Gasteiger partial charge >= 0.3 is 11.7 Å². The van der Waals surface area contributed by atoms with Gasteiger partial charge in [-0.2, -0.15) is 0 Å². The second-order valence-corrected chi connectivity index (χ2v) is 3.96. The number of nitrogens with zero attached hydrogens (tertiary/aromatic N) is 2. The lowest BCUT2D eigenvalue weighted by molar-refractivity contribution is -0.385. The Balaban J connectivity index is 3.16. The van der Waals surface area contributed by atoms with Crippen LogP contribution in [0.1, 0.15) is 13.3 Å². The maximum absolute atomic E-state index is 13.9. The molecule has 1 aromatic rings. The minimum absolute atomic E-state index is 0.0693. The summed E-state index contributed by atoms with van der Waals surface area (Å²) in [4.78, 5) is 22.1. The number of halogens is 1. The van der Waals surface area contributed by atoms with Crippen LogP contribution in [0.3, 0.4) is 0 Å². The van der Waals surface area contributed by atoms with Crippen LogP contribution in [0.2, 0.25) is 0 Å². The number of carbonyl (C=O) groups is 1. The number of methoxy groups -OCH3 is 1. The van der Waals surface area contributed by atoms with E-state index in [1.165, 1.54) is 18.1 Å². The number of hydrogen-bond acceptors (Lipinski definition) is 5. The second-order valence-electron chi connectivity index (χ2n) is 3.96. The summed E-state index contributed by atoms with van der Waals surface area (Å²) < 4.78 is 18.8. The SMILES string of the molecule is CCN(CCC(=O)O)c1cc(OC)c([N+](=O)[O-])cc1F.